The van der Waals surface area contributed by atoms with E-state index in [1.54, 1.807) is 12.5 Å². The van der Waals surface area contributed by atoms with Crippen LogP contribution in [-0.4, -0.2) is 11.5 Å². The number of hydrogen-bond acceptors (Lipinski definition) is 4. The number of hydrogen-bond donors (Lipinski definition) is 1. The third kappa shape index (κ3) is 2.79. The molecular formula is C12H14BrN3O. The Kier molecular flexibility index (Phi) is 3.68. The zero-order valence-corrected chi connectivity index (χ0v) is 11.1. The van der Waals surface area contributed by atoms with E-state index < -0.39 is 0 Å². The van der Waals surface area contributed by atoms with E-state index in [1.165, 1.54) is 0 Å². The Morgan fingerprint density at radius 1 is 1.53 bits per heavy atom. The number of aromatic nitrogens is 1. The molecule has 0 radical (unpaired) electrons. The monoisotopic (exact) mass is 295 g/mol. The van der Waals surface area contributed by atoms with E-state index in [9.17, 15) is 0 Å². The third-order valence-corrected chi connectivity index (χ3v) is 3.03. The average molecular weight is 296 g/mol. The van der Waals surface area contributed by atoms with E-state index in [4.69, 9.17) is 10.2 Å². The molecule has 2 heterocycles. The van der Waals surface area contributed by atoms with Gasteiger partial charge in [0.25, 0.3) is 0 Å². The quantitative estimate of drug-likeness (QED) is 0.942. The molecule has 0 bridgehead atoms. The molecule has 0 atom stereocenters. The topological polar surface area (TPSA) is 55.3 Å². The Balaban J connectivity index is 2.23. The van der Waals surface area contributed by atoms with Crippen molar-refractivity contribution in [1.29, 1.82) is 0 Å². The number of halogens is 1. The van der Waals surface area contributed by atoms with Gasteiger partial charge in [-0.3, -0.25) is 0 Å². The number of furan rings is 1. The zero-order chi connectivity index (χ0) is 12.3. The Bertz CT molecular complexity index is 485. The van der Waals surface area contributed by atoms with Gasteiger partial charge in [-0.05, 0) is 41.1 Å². The van der Waals surface area contributed by atoms with E-state index in [0.29, 0.717) is 12.2 Å². The maximum absolute atomic E-state index is 5.68. The van der Waals surface area contributed by atoms with Crippen molar-refractivity contribution in [2.45, 2.75) is 13.5 Å². The lowest BCUT2D eigenvalue weighted by Gasteiger charge is -2.21. The van der Waals surface area contributed by atoms with Crippen LogP contribution in [0, 0.1) is 0 Å². The van der Waals surface area contributed by atoms with Crippen LogP contribution in [0.2, 0.25) is 0 Å². The predicted octanol–water partition coefficient (Wildman–Crippen LogP) is 3.05. The van der Waals surface area contributed by atoms with Crippen LogP contribution in [-0.2, 0) is 6.54 Å². The molecule has 17 heavy (non-hydrogen) atoms. The molecule has 2 aromatic rings. The molecule has 5 heteroatoms. The maximum atomic E-state index is 5.68. The number of pyridine rings is 1. The first-order valence-corrected chi connectivity index (χ1v) is 6.18. The second-order valence-electron chi connectivity index (χ2n) is 3.67. The van der Waals surface area contributed by atoms with Gasteiger partial charge in [0.15, 0.2) is 0 Å². The molecule has 0 aliphatic heterocycles. The minimum atomic E-state index is 0.648. The first-order valence-electron chi connectivity index (χ1n) is 5.39. The normalized spacial score (nSPS) is 10.5. The van der Waals surface area contributed by atoms with Crippen molar-refractivity contribution in [2.75, 3.05) is 17.2 Å². The summed E-state index contributed by atoms with van der Waals surface area (Å²) in [7, 11) is 0. The number of rotatable bonds is 4. The number of anilines is 2. The maximum Gasteiger partial charge on any atom is 0.143 e. The zero-order valence-electron chi connectivity index (χ0n) is 9.56. The molecule has 2 rings (SSSR count). The molecular weight excluding hydrogens is 282 g/mol. The second kappa shape index (κ2) is 5.23. The minimum absolute atomic E-state index is 0.648. The van der Waals surface area contributed by atoms with Crippen molar-refractivity contribution < 1.29 is 4.42 Å². The molecule has 0 saturated heterocycles. The molecule has 0 aliphatic rings. The highest BCUT2D eigenvalue weighted by Crippen LogP contribution is 2.26. The van der Waals surface area contributed by atoms with Crippen molar-refractivity contribution in [3.8, 4) is 0 Å². The molecule has 2 aromatic heterocycles. The molecule has 0 fully saturated rings. The largest absolute Gasteiger partial charge is 0.467 e. The van der Waals surface area contributed by atoms with Gasteiger partial charge in [-0.25, -0.2) is 4.98 Å². The molecule has 0 unspecified atom stereocenters. The summed E-state index contributed by atoms with van der Waals surface area (Å²) in [6, 6.07) is 5.69. The van der Waals surface area contributed by atoms with Crippen LogP contribution in [0.4, 0.5) is 11.5 Å². The van der Waals surface area contributed by atoms with E-state index in [0.717, 1.165) is 22.6 Å². The van der Waals surface area contributed by atoms with E-state index in [1.807, 2.05) is 18.2 Å². The molecule has 0 spiro atoms. The van der Waals surface area contributed by atoms with Gasteiger partial charge in [0.1, 0.15) is 11.6 Å². The summed E-state index contributed by atoms with van der Waals surface area (Å²) >= 11 is 3.48. The Hall–Kier alpha value is -1.49. The van der Waals surface area contributed by atoms with Gasteiger partial charge in [-0.1, -0.05) is 0 Å². The summed E-state index contributed by atoms with van der Waals surface area (Å²) in [5.74, 6) is 1.79. The van der Waals surface area contributed by atoms with Gasteiger partial charge in [0.2, 0.25) is 0 Å². The molecule has 2 N–H and O–H groups in total. The van der Waals surface area contributed by atoms with Crippen molar-refractivity contribution in [3.05, 3.63) is 40.9 Å². The number of nitrogens with two attached hydrogens (primary N) is 1. The lowest BCUT2D eigenvalue weighted by atomic mass is 10.3. The smallest absolute Gasteiger partial charge is 0.143 e. The van der Waals surface area contributed by atoms with Crippen molar-refractivity contribution in [2.24, 2.45) is 0 Å². The molecule has 0 saturated carbocycles. The van der Waals surface area contributed by atoms with Crippen LogP contribution in [0.3, 0.4) is 0 Å². The average Bonchev–Trinajstić information content (AvgIpc) is 2.79. The Labute approximate surface area is 109 Å². The fraction of sp³-hybridized carbons (Fsp3) is 0.250. The Morgan fingerprint density at radius 2 is 2.35 bits per heavy atom. The third-order valence-electron chi connectivity index (χ3n) is 2.45. The van der Waals surface area contributed by atoms with Gasteiger partial charge in [0, 0.05) is 6.54 Å². The summed E-state index contributed by atoms with van der Waals surface area (Å²) in [4.78, 5) is 6.46. The summed E-state index contributed by atoms with van der Waals surface area (Å²) in [5.41, 5.74) is 6.32. The number of nitrogens with zero attached hydrogens (tertiary/aromatic N) is 2. The predicted molar refractivity (Wildman–Crippen MR) is 71.8 cm³/mol. The second-order valence-corrected chi connectivity index (χ2v) is 4.52. The fourth-order valence-electron chi connectivity index (χ4n) is 1.61. The van der Waals surface area contributed by atoms with Gasteiger partial charge in [-0.15, -0.1) is 0 Å². The SMILES string of the molecule is CCN(Cc1ccco1)c1ncc(N)cc1Br. The van der Waals surface area contributed by atoms with Crippen LogP contribution < -0.4 is 10.6 Å². The highest BCUT2D eigenvalue weighted by Gasteiger charge is 2.12. The standard InChI is InChI=1S/C12H14BrN3O/c1-2-16(8-10-4-3-5-17-10)12-11(13)6-9(14)7-15-12/h3-7H,2,8,14H2,1H3. The van der Waals surface area contributed by atoms with Crippen molar-refractivity contribution in [3.63, 3.8) is 0 Å². The van der Waals surface area contributed by atoms with E-state index in [-0.39, 0.29) is 0 Å². The first-order chi connectivity index (χ1) is 8.20. The van der Waals surface area contributed by atoms with E-state index >= 15 is 0 Å². The summed E-state index contributed by atoms with van der Waals surface area (Å²) in [6.07, 6.45) is 3.33. The summed E-state index contributed by atoms with van der Waals surface area (Å²) < 4.78 is 6.24. The van der Waals surface area contributed by atoms with Crippen molar-refractivity contribution >= 4 is 27.4 Å². The highest BCUT2D eigenvalue weighted by atomic mass is 79.9. The van der Waals surface area contributed by atoms with Gasteiger partial charge >= 0.3 is 0 Å². The summed E-state index contributed by atoms with van der Waals surface area (Å²) in [5, 5.41) is 0. The van der Waals surface area contributed by atoms with Gasteiger partial charge in [-0.2, -0.15) is 0 Å². The summed E-state index contributed by atoms with van der Waals surface area (Å²) in [6.45, 7) is 3.61. The van der Waals surface area contributed by atoms with Gasteiger partial charge < -0.3 is 15.1 Å². The first kappa shape index (κ1) is 12.0. The molecule has 4 nitrogen and oxygen atoms in total. The Morgan fingerprint density at radius 3 is 2.94 bits per heavy atom. The van der Waals surface area contributed by atoms with Crippen LogP contribution in [0.1, 0.15) is 12.7 Å². The van der Waals surface area contributed by atoms with Crippen LogP contribution in [0.15, 0.2) is 39.5 Å². The van der Waals surface area contributed by atoms with Crippen LogP contribution in [0.5, 0.6) is 0 Å². The highest BCUT2D eigenvalue weighted by molar-refractivity contribution is 9.10. The van der Waals surface area contributed by atoms with Crippen LogP contribution >= 0.6 is 15.9 Å². The fourth-order valence-corrected chi connectivity index (χ4v) is 2.22. The lowest BCUT2D eigenvalue weighted by molar-refractivity contribution is 0.502. The molecule has 0 aromatic carbocycles. The molecule has 0 aliphatic carbocycles. The minimum Gasteiger partial charge on any atom is -0.467 e. The van der Waals surface area contributed by atoms with Crippen molar-refractivity contribution in [1.82, 2.24) is 4.98 Å². The lowest BCUT2D eigenvalue weighted by Crippen LogP contribution is -2.23. The van der Waals surface area contributed by atoms with Crippen LogP contribution in [0.25, 0.3) is 0 Å². The molecule has 0 amide bonds. The number of nitrogen functional groups attached to an aromatic ring is 1. The van der Waals surface area contributed by atoms with Gasteiger partial charge in [0.05, 0.1) is 29.2 Å². The molecule has 90 valence electrons. The van der Waals surface area contributed by atoms with E-state index in [2.05, 4.69) is 32.7 Å².